The van der Waals surface area contributed by atoms with Crippen molar-refractivity contribution in [2.75, 3.05) is 12.3 Å². The first kappa shape index (κ1) is 13.4. The lowest BCUT2D eigenvalue weighted by Gasteiger charge is -2.29. The molecule has 0 bridgehead atoms. The summed E-state index contributed by atoms with van der Waals surface area (Å²) in [5, 5.41) is 6.51. The van der Waals surface area contributed by atoms with E-state index < -0.39 is 0 Å². The molecule has 0 aromatic heterocycles. The van der Waals surface area contributed by atoms with Gasteiger partial charge in [0, 0.05) is 17.8 Å². The molecule has 0 heterocycles. The smallest absolute Gasteiger partial charge is 0.315 e. The van der Waals surface area contributed by atoms with Crippen LogP contribution in [0, 0.1) is 0 Å². The molecule has 16 heavy (non-hydrogen) atoms. The maximum Gasteiger partial charge on any atom is 0.315 e. The second kappa shape index (κ2) is 7.60. The monoisotopic (exact) mass is 242 g/mol. The van der Waals surface area contributed by atoms with E-state index in [1.165, 1.54) is 18.6 Å². The van der Waals surface area contributed by atoms with Crippen LogP contribution in [0.15, 0.2) is 12.7 Å². The minimum atomic E-state index is -0.0629. The number of urea groups is 1. The predicted octanol–water partition coefficient (Wildman–Crippen LogP) is 2.54. The lowest BCUT2D eigenvalue weighted by Crippen LogP contribution is -2.44. The summed E-state index contributed by atoms with van der Waals surface area (Å²) in [6.45, 7) is 6.30. The van der Waals surface area contributed by atoms with Gasteiger partial charge in [0.05, 0.1) is 0 Å². The number of hydrogen-bond acceptors (Lipinski definition) is 2. The molecule has 0 aromatic rings. The molecule has 4 heteroatoms. The van der Waals surface area contributed by atoms with Crippen LogP contribution < -0.4 is 10.6 Å². The standard InChI is InChI=1S/C12H22N2OS/c1-3-8-13-12(15)14-10-6-5-7-11(9-10)16-4-2/h3,10-11H,1,4-9H2,2H3,(H2,13,14,15)/t10-,11-/m0/s1. The quantitative estimate of drug-likeness (QED) is 0.727. The Hall–Kier alpha value is -0.640. The minimum absolute atomic E-state index is 0.0629. The van der Waals surface area contributed by atoms with Crippen LogP contribution in [-0.2, 0) is 0 Å². The summed E-state index contributed by atoms with van der Waals surface area (Å²) in [5.74, 6) is 1.17. The van der Waals surface area contributed by atoms with Gasteiger partial charge in [-0.3, -0.25) is 0 Å². The first-order valence-corrected chi connectivity index (χ1v) is 7.08. The summed E-state index contributed by atoms with van der Waals surface area (Å²) in [7, 11) is 0. The summed E-state index contributed by atoms with van der Waals surface area (Å²) >= 11 is 2.01. The number of rotatable bonds is 5. The average Bonchev–Trinajstić information content (AvgIpc) is 2.27. The van der Waals surface area contributed by atoms with Gasteiger partial charge in [-0.25, -0.2) is 4.79 Å². The molecule has 2 atom stereocenters. The summed E-state index contributed by atoms with van der Waals surface area (Å²) < 4.78 is 0. The maximum atomic E-state index is 11.5. The Balaban J connectivity index is 2.25. The molecule has 1 rings (SSSR count). The van der Waals surface area contributed by atoms with E-state index in [4.69, 9.17) is 0 Å². The third kappa shape index (κ3) is 4.92. The molecule has 0 radical (unpaired) electrons. The van der Waals surface area contributed by atoms with Crippen LogP contribution in [0.3, 0.4) is 0 Å². The molecule has 0 aromatic carbocycles. The molecule has 0 aliphatic heterocycles. The zero-order valence-electron chi connectivity index (χ0n) is 10.00. The number of carbonyl (C=O) groups excluding carboxylic acids is 1. The average molecular weight is 242 g/mol. The molecule has 2 N–H and O–H groups in total. The van der Waals surface area contributed by atoms with Gasteiger partial charge in [-0.15, -0.1) is 6.58 Å². The van der Waals surface area contributed by atoms with E-state index in [0.717, 1.165) is 18.1 Å². The Bertz CT molecular complexity index is 231. The minimum Gasteiger partial charge on any atom is -0.335 e. The van der Waals surface area contributed by atoms with Crippen LogP contribution in [-0.4, -0.2) is 29.6 Å². The van der Waals surface area contributed by atoms with Crippen molar-refractivity contribution in [3.05, 3.63) is 12.7 Å². The third-order valence-corrected chi connectivity index (χ3v) is 4.00. The highest BCUT2D eigenvalue weighted by Crippen LogP contribution is 2.28. The van der Waals surface area contributed by atoms with E-state index in [9.17, 15) is 4.79 Å². The van der Waals surface area contributed by atoms with Crippen molar-refractivity contribution in [2.45, 2.75) is 43.9 Å². The lowest BCUT2D eigenvalue weighted by atomic mass is 9.95. The van der Waals surface area contributed by atoms with Crippen molar-refractivity contribution in [3.8, 4) is 0 Å². The number of hydrogen-bond donors (Lipinski definition) is 2. The second-order valence-electron chi connectivity index (χ2n) is 4.08. The number of nitrogens with one attached hydrogen (secondary N) is 2. The van der Waals surface area contributed by atoms with Gasteiger partial charge in [0.2, 0.25) is 0 Å². The SMILES string of the molecule is C=CCNC(=O)N[C@H]1CCC[C@H](SCC)C1. The molecule has 1 saturated carbocycles. The zero-order valence-corrected chi connectivity index (χ0v) is 10.8. The topological polar surface area (TPSA) is 41.1 Å². The van der Waals surface area contributed by atoms with E-state index in [-0.39, 0.29) is 6.03 Å². The summed E-state index contributed by atoms with van der Waals surface area (Å²) in [6, 6.07) is 0.287. The first-order valence-electron chi connectivity index (χ1n) is 6.03. The van der Waals surface area contributed by atoms with Gasteiger partial charge in [0.25, 0.3) is 0 Å². The zero-order chi connectivity index (χ0) is 11.8. The van der Waals surface area contributed by atoms with Gasteiger partial charge in [0.1, 0.15) is 0 Å². The van der Waals surface area contributed by atoms with Crippen LogP contribution in [0.4, 0.5) is 4.79 Å². The van der Waals surface area contributed by atoms with Gasteiger partial charge in [-0.2, -0.15) is 11.8 Å². The van der Waals surface area contributed by atoms with Gasteiger partial charge in [-0.1, -0.05) is 19.4 Å². The number of carbonyl (C=O) groups is 1. The molecule has 0 unspecified atom stereocenters. The molecular formula is C12H22N2OS. The van der Waals surface area contributed by atoms with Crippen LogP contribution in [0.5, 0.6) is 0 Å². The maximum absolute atomic E-state index is 11.5. The molecular weight excluding hydrogens is 220 g/mol. The fraction of sp³-hybridized carbons (Fsp3) is 0.750. The van der Waals surface area contributed by atoms with Crippen molar-refractivity contribution < 1.29 is 4.79 Å². The molecule has 92 valence electrons. The summed E-state index contributed by atoms with van der Waals surface area (Å²) in [4.78, 5) is 11.5. The second-order valence-corrected chi connectivity index (χ2v) is 5.66. The molecule has 1 aliphatic carbocycles. The Morgan fingerprint density at radius 3 is 3.06 bits per heavy atom. The molecule has 0 saturated heterocycles. The molecule has 1 fully saturated rings. The van der Waals surface area contributed by atoms with Crippen molar-refractivity contribution >= 4 is 17.8 Å². The highest BCUT2D eigenvalue weighted by atomic mass is 32.2. The highest BCUT2D eigenvalue weighted by molar-refractivity contribution is 7.99. The van der Waals surface area contributed by atoms with E-state index in [1.807, 2.05) is 11.8 Å². The van der Waals surface area contributed by atoms with Crippen LogP contribution >= 0.6 is 11.8 Å². The number of amides is 2. The van der Waals surface area contributed by atoms with Crippen molar-refractivity contribution in [3.63, 3.8) is 0 Å². The molecule has 3 nitrogen and oxygen atoms in total. The summed E-state index contributed by atoms with van der Waals surface area (Å²) in [5.41, 5.74) is 0. The van der Waals surface area contributed by atoms with E-state index in [1.54, 1.807) is 6.08 Å². The van der Waals surface area contributed by atoms with Crippen LogP contribution in [0.2, 0.25) is 0 Å². The van der Waals surface area contributed by atoms with E-state index in [2.05, 4.69) is 24.1 Å². The van der Waals surface area contributed by atoms with E-state index in [0.29, 0.717) is 12.6 Å². The Kier molecular flexibility index (Phi) is 6.38. The van der Waals surface area contributed by atoms with Gasteiger partial charge < -0.3 is 10.6 Å². The molecule has 2 amide bonds. The Morgan fingerprint density at radius 1 is 1.56 bits per heavy atom. The van der Waals surface area contributed by atoms with Crippen molar-refractivity contribution in [2.24, 2.45) is 0 Å². The van der Waals surface area contributed by atoms with Gasteiger partial charge >= 0.3 is 6.03 Å². The van der Waals surface area contributed by atoms with Crippen molar-refractivity contribution in [1.29, 1.82) is 0 Å². The normalized spacial score (nSPS) is 24.8. The predicted molar refractivity (Wildman–Crippen MR) is 70.9 cm³/mol. The largest absolute Gasteiger partial charge is 0.335 e. The fourth-order valence-corrected chi connectivity index (χ4v) is 3.24. The van der Waals surface area contributed by atoms with Crippen LogP contribution in [0.25, 0.3) is 0 Å². The first-order chi connectivity index (χ1) is 7.76. The van der Waals surface area contributed by atoms with Gasteiger partial charge in [0.15, 0.2) is 0 Å². The van der Waals surface area contributed by atoms with E-state index >= 15 is 0 Å². The highest BCUT2D eigenvalue weighted by Gasteiger charge is 2.22. The lowest BCUT2D eigenvalue weighted by molar-refractivity contribution is 0.234. The third-order valence-electron chi connectivity index (χ3n) is 2.77. The Labute approximate surface area is 102 Å². The number of thioether (sulfide) groups is 1. The Morgan fingerprint density at radius 2 is 2.38 bits per heavy atom. The molecule has 1 aliphatic rings. The molecule has 0 spiro atoms. The van der Waals surface area contributed by atoms with Crippen LogP contribution in [0.1, 0.15) is 32.6 Å². The van der Waals surface area contributed by atoms with Gasteiger partial charge in [-0.05, 0) is 25.0 Å². The van der Waals surface area contributed by atoms with Crippen molar-refractivity contribution in [1.82, 2.24) is 10.6 Å². The fourth-order valence-electron chi connectivity index (χ4n) is 2.06. The summed E-state index contributed by atoms with van der Waals surface area (Å²) in [6.07, 6.45) is 6.44.